The Morgan fingerprint density at radius 3 is 2.07 bits per heavy atom. The first-order valence-corrected chi connectivity index (χ1v) is 9.71. The Balaban J connectivity index is 1.47. The SMILES string of the molecule is CCOC(=O)N1CCN(C(=O)CNC(=O)c2ccc(-c3ccccc3)cc2)CC1. The molecule has 2 aromatic carbocycles. The van der Waals surface area contributed by atoms with Crippen LogP contribution in [0.4, 0.5) is 4.79 Å². The van der Waals surface area contributed by atoms with E-state index >= 15 is 0 Å². The van der Waals surface area contributed by atoms with E-state index in [1.165, 1.54) is 0 Å². The number of nitrogens with one attached hydrogen (secondary N) is 1. The smallest absolute Gasteiger partial charge is 0.409 e. The lowest BCUT2D eigenvalue weighted by atomic mass is 10.0. The molecule has 0 aromatic heterocycles. The van der Waals surface area contributed by atoms with Gasteiger partial charge in [0.25, 0.3) is 5.91 Å². The first-order chi connectivity index (χ1) is 14.1. The number of nitrogens with zero attached hydrogens (tertiary/aromatic N) is 2. The van der Waals surface area contributed by atoms with E-state index in [9.17, 15) is 14.4 Å². The Bertz CT molecular complexity index is 844. The van der Waals surface area contributed by atoms with Crippen molar-refractivity contribution in [3.8, 4) is 11.1 Å². The summed E-state index contributed by atoms with van der Waals surface area (Å²) < 4.78 is 4.97. The molecule has 7 heteroatoms. The van der Waals surface area contributed by atoms with Crippen LogP contribution in [0.25, 0.3) is 11.1 Å². The van der Waals surface area contributed by atoms with Crippen molar-refractivity contribution < 1.29 is 19.1 Å². The molecular formula is C22H25N3O4. The van der Waals surface area contributed by atoms with Gasteiger partial charge in [-0.15, -0.1) is 0 Å². The molecule has 1 saturated heterocycles. The zero-order valence-corrected chi connectivity index (χ0v) is 16.5. The monoisotopic (exact) mass is 395 g/mol. The Hall–Kier alpha value is -3.35. The van der Waals surface area contributed by atoms with Crippen molar-refractivity contribution in [2.45, 2.75) is 6.92 Å². The molecule has 1 fully saturated rings. The molecule has 1 N–H and O–H groups in total. The summed E-state index contributed by atoms with van der Waals surface area (Å²) in [5.74, 6) is -0.453. The Labute approximate surface area is 170 Å². The summed E-state index contributed by atoms with van der Waals surface area (Å²) in [4.78, 5) is 39.6. The van der Waals surface area contributed by atoms with E-state index in [-0.39, 0.29) is 24.5 Å². The number of rotatable bonds is 5. The average molecular weight is 395 g/mol. The summed E-state index contributed by atoms with van der Waals surface area (Å²) >= 11 is 0. The van der Waals surface area contributed by atoms with Crippen LogP contribution in [0.15, 0.2) is 54.6 Å². The van der Waals surface area contributed by atoms with Gasteiger partial charge in [0.1, 0.15) is 0 Å². The van der Waals surface area contributed by atoms with Crippen molar-refractivity contribution in [1.29, 1.82) is 0 Å². The first-order valence-electron chi connectivity index (χ1n) is 9.71. The fraction of sp³-hybridized carbons (Fsp3) is 0.318. The number of hydrogen-bond donors (Lipinski definition) is 1. The van der Waals surface area contributed by atoms with Crippen LogP contribution in [-0.2, 0) is 9.53 Å². The van der Waals surface area contributed by atoms with Crippen LogP contribution in [0.2, 0.25) is 0 Å². The quantitative estimate of drug-likeness (QED) is 0.843. The highest BCUT2D eigenvalue weighted by Gasteiger charge is 2.24. The van der Waals surface area contributed by atoms with Crippen molar-refractivity contribution in [3.05, 3.63) is 60.2 Å². The second-order valence-electron chi connectivity index (χ2n) is 6.69. The lowest BCUT2D eigenvalue weighted by Gasteiger charge is -2.34. The molecule has 7 nitrogen and oxygen atoms in total. The molecular weight excluding hydrogens is 370 g/mol. The van der Waals surface area contributed by atoms with Crippen molar-refractivity contribution in [3.63, 3.8) is 0 Å². The average Bonchev–Trinajstić information content (AvgIpc) is 2.78. The summed E-state index contributed by atoms with van der Waals surface area (Å²) in [6, 6.07) is 17.2. The maximum atomic E-state index is 12.4. The van der Waals surface area contributed by atoms with Gasteiger partial charge in [-0.05, 0) is 30.2 Å². The summed E-state index contributed by atoms with van der Waals surface area (Å²) in [6.07, 6.45) is -0.355. The van der Waals surface area contributed by atoms with Crippen LogP contribution in [0.1, 0.15) is 17.3 Å². The maximum absolute atomic E-state index is 12.4. The minimum Gasteiger partial charge on any atom is -0.450 e. The third-order valence-corrected chi connectivity index (χ3v) is 4.81. The molecule has 0 aliphatic carbocycles. The van der Waals surface area contributed by atoms with E-state index in [1.54, 1.807) is 28.9 Å². The van der Waals surface area contributed by atoms with E-state index in [0.717, 1.165) is 11.1 Å². The van der Waals surface area contributed by atoms with Crippen LogP contribution in [0.5, 0.6) is 0 Å². The third-order valence-electron chi connectivity index (χ3n) is 4.81. The van der Waals surface area contributed by atoms with Gasteiger partial charge in [0, 0.05) is 31.7 Å². The first kappa shape index (κ1) is 20.4. The second kappa shape index (κ2) is 9.73. The highest BCUT2D eigenvalue weighted by atomic mass is 16.6. The van der Waals surface area contributed by atoms with E-state index in [0.29, 0.717) is 38.3 Å². The number of benzene rings is 2. The molecule has 0 spiro atoms. The predicted molar refractivity (Wildman–Crippen MR) is 109 cm³/mol. The van der Waals surface area contributed by atoms with Crippen molar-refractivity contribution in [2.24, 2.45) is 0 Å². The van der Waals surface area contributed by atoms with Gasteiger partial charge in [0.05, 0.1) is 13.2 Å². The van der Waals surface area contributed by atoms with Crippen molar-refractivity contribution in [2.75, 3.05) is 39.3 Å². The van der Waals surface area contributed by atoms with Gasteiger partial charge in [-0.1, -0.05) is 42.5 Å². The van der Waals surface area contributed by atoms with Gasteiger partial charge in [-0.25, -0.2) is 4.79 Å². The van der Waals surface area contributed by atoms with Gasteiger partial charge < -0.3 is 19.9 Å². The Morgan fingerprint density at radius 2 is 1.45 bits per heavy atom. The van der Waals surface area contributed by atoms with E-state index in [2.05, 4.69) is 5.32 Å². The molecule has 1 aliphatic heterocycles. The van der Waals surface area contributed by atoms with Crippen molar-refractivity contribution >= 4 is 17.9 Å². The summed E-state index contributed by atoms with van der Waals surface area (Å²) in [7, 11) is 0. The zero-order chi connectivity index (χ0) is 20.6. The summed E-state index contributed by atoms with van der Waals surface area (Å²) in [6.45, 7) is 3.74. The van der Waals surface area contributed by atoms with Crippen molar-refractivity contribution in [1.82, 2.24) is 15.1 Å². The minimum absolute atomic E-state index is 0.0708. The van der Waals surface area contributed by atoms with Crippen LogP contribution >= 0.6 is 0 Å². The molecule has 0 radical (unpaired) electrons. The number of piperazine rings is 1. The van der Waals surface area contributed by atoms with Gasteiger partial charge in [-0.3, -0.25) is 9.59 Å². The van der Waals surface area contributed by atoms with Crippen LogP contribution < -0.4 is 5.32 Å². The fourth-order valence-electron chi connectivity index (χ4n) is 3.17. The highest BCUT2D eigenvalue weighted by Crippen LogP contribution is 2.19. The van der Waals surface area contributed by atoms with Gasteiger partial charge in [-0.2, -0.15) is 0 Å². The Morgan fingerprint density at radius 1 is 0.862 bits per heavy atom. The Kier molecular flexibility index (Phi) is 6.84. The third kappa shape index (κ3) is 5.34. The van der Waals surface area contributed by atoms with Gasteiger partial charge in [0.2, 0.25) is 5.91 Å². The lowest BCUT2D eigenvalue weighted by molar-refractivity contribution is -0.131. The van der Waals surface area contributed by atoms with E-state index in [1.807, 2.05) is 42.5 Å². The number of carbonyl (C=O) groups is 3. The summed E-state index contributed by atoms with van der Waals surface area (Å²) in [5.41, 5.74) is 2.61. The second-order valence-corrected chi connectivity index (χ2v) is 6.69. The van der Waals surface area contributed by atoms with Gasteiger partial charge >= 0.3 is 6.09 Å². The largest absolute Gasteiger partial charge is 0.450 e. The van der Waals surface area contributed by atoms with E-state index in [4.69, 9.17) is 4.74 Å². The summed E-state index contributed by atoms with van der Waals surface area (Å²) in [5, 5.41) is 2.67. The number of ether oxygens (including phenoxy) is 1. The van der Waals surface area contributed by atoms with Crippen LogP contribution in [0, 0.1) is 0 Å². The molecule has 1 aliphatic rings. The maximum Gasteiger partial charge on any atom is 0.409 e. The van der Waals surface area contributed by atoms with E-state index < -0.39 is 0 Å². The normalized spacial score (nSPS) is 13.7. The molecule has 2 aromatic rings. The number of amides is 3. The highest BCUT2D eigenvalue weighted by molar-refractivity contribution is 5.96. The molecule has 0 atom stereocenters. The molecule has 0 unspecified atom stereocenters. The van der Waals surface area contributed by atoms with Crippen LogP contribution in [-0.4, -0.2) is 67.0 Å². The molecule has 1 heterocycles. The topological polar surface area (TPSA) is 79.0 Å². The van der Waals surface area contributed by atoms with Gasteiger partial charge in [0.15, 0.2) is 0 Å². The molecule has 0 bridgehead atoms. The standard InChI is InChI=1S/C22H25N3O4/c1-2-29-22(28)25-14-12-24(13-15-25)20(26)16-23-21(27)19-10-8-18(9-11-19)17-6-4-3-5-7-17/h3-11H,2,12-16H2,1H3,(H,23,27). The fourth-order valence-corrected chi connectivity index (χ4v) is 3.17. The molecule has 3 amide bonds. The molecule has 152 valence electrons. The molecule has 0 saturated carbocycles. The lowest BCUT2D eigenvalue weighted by Crippen LogP contribution is -2.52. The number of hydrogen-bond acceptors (Lipinski definition) is 4. The molecule has 29 heavy (non-hydrogen) atoms. The number of carbonyl (C=O) groups excluding carboxylic acids is 3. The predicted octanol–water partition coefficient (Wildman–Crippen LogP) is 2.38. The zero-order valence-electron chi connectivity index (χ0n) is 16.5. The minimum atomic E-state index is -0.355. The van der Waals surface area contributed by atoms with Crippen LogP contribution in [0.3, 0.4) is 0 Å². The molecule has 3 rings (SSSR count).